The van der Waals surface area contributed by atoms with E-state index in [1.165, 1.54) is 0 Å². The summed E-state index contributed by atoms with van der Waals surface area (Å²) in [5.41, 5.74) is 6.51. The molecule has 0 unspecified atom stereocenters. The molecule has 2 N–H and O–H groups in total. The Balaban J connectivity index is 2.05. The lowest BCUT2D eigenvalue weighted by atomic mass is 10.4. The van der Waals surface area contributed by atoms with Gasteiger partial charge in [0.1, 0.15) is 5.03 Å². The zero-order valence-electron chi connectivity index (χ0n) is 9.52. The minimum atomic E-state index is 0.653. The van der Waals surface area contributed by atoms with E-state index in [2.05, 4.69) is 4.98 Å². The molecule has 0 aromatic carbocycles. The Labute approximate surface area is 101 Å². The van der Waals surface area contributed by atoms with Crippen molar-refractivity contribution in [3.05, 3.63) is 18.3 Å². The van der Waals surface area contributed by atoms with Crippen molar-refractivity contribution in [1.29, 1.82) is 0 Å². The molecular formula is C11H18N2O2S. The summed E-state index contributed by atoms with van der Waals surface area (Å²) in [6, 6.07) is 3.71. The fourth-order valence-corrected chi connectivity index (χ4v) is 1.92. The highest BCUT2D eigenvalue weighted by Crippen LogP contribution is 2.21. The van der Waals surface area contributed by atoms with Gasteiger partial charge in [-0.15, -0.1) is 11.8 Å². The number of methoxy groups -OCH3 is 1. The second-order valence-electron chi connectivity index (χ2n) is 3.20. The Morgan fingerprint density at radius 1 is 1.38 bits per heavy atom. The van der Waals surface area contributed by atoms with Crippen molar-refractivity contribution in [3.63, 3.8) is 0 Å². The van der Waals surface area contributed by atoms with Gasteiger partial charge in [-0.25, -0.2) is 4.98 Å². The fraction of sp³-hybridized carbons (Fsp3) is 0.545. The quantitative estimate of drug-likeness (QED) is 0.556. The molecule has 0 bridgehead atoms. The highest BCUT2D eigenvalue weighted by Gasteiger charge is 1.99. The number of nitrogens with zero attached hydrogens (tertiary/aromatic N) is 1. The molecule has 16 heavy (non-hydrogen) atoms. The number of hydrogen-bond acceptors (Lipinski definition) is 5. The van der Waals surface area contributed by atoms with Gasteiger partial charge in [-0.3, -0.25) is 0 Å². The minimum Gasteiger partial charge on any atom is -0.397 e. The molecule has 0 saturated carbocycles. The SMILES string of the molecule is COCCOCCCSc1ncccc1N. The minimum absolute atomic E-state index is 0.653. The average molecular weight is 242 g/mol. The van der Waals surface area contributed by atoms with E-state index in [1.54, 1.807) is 25.1 Å². The molecular weight excluding hydrogens is 224 g/mol. The number of aromatic nitrogens is 1. The Hall–Kier alpha value is -0.780. The van der Waals surface area contributed by atoms with Crippen LogP contribution < -0.4 is 5.73 Å². The number of nitrogen functional groups attached to an aromatic ring is 1. The Kier molecular flexibility index (Phi) is 6.96. The van der Waals surface area contributed by atoms with Crippen LogP contribution in [0.3, 0.4) is 0 Å². The molecule has 1 rings (SSSR count). The van der Waals surface area contributed by atoms with E-state index in [1.807, 2.05) is 12.1 Å². The number of hydrogen-bond donors (Lipinski definition) is 1. The van der Waals surface area contributed by atoms with Gasteiger partial charge in [0, 0.05) is 25.7 Å². The number of rotatable bonds is 8. The Morgan fingerprint density at radius 2 is 2.25 bits per heavy atom. The van der Waals surface area contributed by atoms with Crippen molar-refractivity contribution in [2.45, 2.75) is 11.4 Å². The van der Waals surface area contributed by atoms with Gasteiger partial charge in [0.2, 0.25) is 0 Å². The van der Waals surface area contributed by atoms with Crippen molar-refractivity contribution in [2.75, 3.05) is 38.4 Å². The van der Waals surface area contributed by atoms with Crippen molar-refractivity contribution in [3.8, 4) is 0 Å². The van der Waals surface area contributed by atoms with Gasteiger partial charge < -0.3 is 15.2 Å². The monoisotopic (exact) mass is 242 g/mol. The van der Waals surface area contributed by atoms with Crippen LogP contribution in [0.5, 0.6) is 0 Å². The maximum atomic E-state index is 5.77. The molecule has 0 atom stereocenters. The highest BCUT2D eigenvalue weighted by atomic mass is 32.2. The lowest BCUT2D eigenvalue weighted by Gasteiger charge is -2.04. The van der Waals surface area contributed by atoms with Crippen LogP contribution in [0.4, 0.5) is 5.69 Å². The van der Waals surface area contributed by atoms with E-state index in [4.69, 9.17) is 15.2 Å². The Morgan fingerprint density at radius 3 is 3.00 bits per heavy atom. The predicted octanol–water partition coefficient (Wildman–Crippen LogP) is 1.81. The molecule has 90 valence electrons. The van der Waals surface area contributed by atoms with Gasteiger partial charge >= 0.3 is 0 Å². The number of nitrogens with two attached hydrogens (primary N) is 1. The van der Waals surface area contributed by atoms with Gasteiger partial charge in [0.05, 0.1) is 18.9 Å². The highest BCUT2D eigenvalue weighted by molar-refractivity contribution is 7.99. The van der Waals surface area contributed by atoms with Crippen molar-refractivity contribution in [1.82, 2.24) is 4.98 Å². The molecule has 0 fully saturated rings. The summed E-state index contributed by atoms with van der Waals surface area (Å²) in [6.07, 6.45) is 2.75. The molecule has 4 nitrogen and oxygen atoms in total. The van der Waals surface area contributed by atoms with Gasteiger partial charge in [-0.2, -0.15) is 0 Å². The van der Waals surface area contributed by atoms with Crippen LogP contribution in [-0.4, -0.2) is 37.7 Å². The van der Waals surface area contributed by atoms with E-state index in [0.717, 1.165) is 29.5 Å². The second kappa shape index (κ2) is 8.38. The smallest absolute Gasteiger partial charge is 0.119 e. The summed E-state index contributed by atoms with van der Waals surface area (Å²) in [5.74, 6) is 0.966. The van der Waals surface area contributed by atoms with Gasteiger partial charge in [0.25, 0.3) is 0 Å². The number of thioether (sulfide) groups is 1. The molecule has 5 heteroatoms. The van der Waals surface area contributed by atoms with Gasteiger partial charge in [-0.1, -0.05) is 0 Å². The van der Waals surface area contributed by atoms with Crippen LogP contribution >= 0.6 is 11.8 Å². The first-order chi connectivity index (χ1) is 7.84. The van der Waals surface area contributed by atoms with Crippen molar-refractivity contribution in [2.24, 2.45) is 0 Å². The number of ether oxygens (including phenoxy) is 2. The molecule has 0 aliphatic rings. The van der Waals surface area contributed by atoms with E-state index in [-0.39, 0.29) is 0 Å². The molecule has 1 heterocycles. The molecule has 1 aromatic heterocycles. The van der Waals surface area contributed by atoms with Crippen LogP contribution in [0, 0.1) is 0 Å². The lowest BCUT2D eigenvalue weighted by Crippen LogP contribution is -2.03. The topological polar surface area (TPSA) is 57.4 Å². The average Bonchev–Trinajstić information content (AvgIpc) is 2.30. The van der Waals surface area contributed by atoms with Crippen molar-refractivity contribution < 1.29 is 9.47 Å². The molecule has 0 spiro atoms. The van der Waals surface area contributed by atoms with Crippen LogP contribution in [0.1, 0.15) is 6.42 Å². The van der Waals surface area contributed by atoms with E-state index in [9.17, 15) is 0 Å². The maximum absolute atomic E-state index is 5.77. The van der Waals surface area contributed by atoms with Crippen LogP contribution in [0.15, 0.2) is 23.4 Å². The van der Waals surface area contributed by atoms with Crippen molar-refractivity contribution >= 4 is 17.4 Å². The molecule has 0 aliphatic carbocycles. The summed E-state index contributed by atoms with van der Waals surface area (Å²) in [6.45, 7) is 2.07. The first-order valence-corrected chi connectivity index (χ1v) is 6.23. The molecule has 0 radical (unpaired) electrons. The largest absolute Gasteiger partial charge is 0.397 e. The lowest BCUT2D eigenvalue weighted by molar-refractivity contribution is 0.0713. The summed E-state index contributed by atoms with van der Waals surface area (Å²) < 4.78 is 10.2. The standard InChI is InChI=1S/C11H18N2O2S/c1-14-7-8-15-6-3-9-16-11-10(12)4-2-5-13-11/h2,4-5H,3,6-9,12H2,1H3. The summed E-state index contributed by atoms with van der Waals surface area (Å²) >= 11 is 1.66. The second-order valence-corrected chi connectivity index (χ2v) is 4.29. The third-order valence-corrected chi connectivity index (χ3v) is 3.01. The third-order valence-electron chi connectivity index (χ3n) is 1.90. The van der Waals surface area contributed by atoms with Crippen LogP contribution in [0.2, 0.25) is 0 Å². The zero-order valence-corrected chi connectivity index (χ0v) is 10.3. The maximum Gasteiger partial charge on any atom is 0.119 e. The molecule has 0 amide bonds. The molecule has 0 saturated heterocycles. The van der Waals surface area contributed by atoms with E-state index in [0.29, 0.717) is 13.2 Å². The third kappa shape index (κ3) is 5.34. The van der Waals surface area contributed by atoms with Crippen LogP contribution in [-0.2, 0) is 9.47 Å². The summed E-state index contributed by atoms with van der Waals surface area (Å²) in [5, 5.41) is 0.902. The van der Waals surface area contributed by atoms with E-state index >= 15 is 0 Å². The normalized spacial score (nSPS) is 10.6. The van der Waals surface area contributed by atoms with Gasteiger partial charge in [-0.05, 0) is 18.6 Å². The molecule has 0 aliphatic heterocycles. The first kappa shape index (κ1) is 13.3. The number of anilines is 1. The Bertz CT molecular complexity index is 297. The zero-order chi connectivity index (χ0) is 11.6. The predicted molar refractivity (Wildman–Crippen MR) is 66.7 cm³/mol. The summed E-state index contributed by atoms with van der Waals surface area (Å²) in [7, 11) is 1.67. The molecule has 1 aromatic rings. The number of pyridine rings is 1. The van der Waals surface area contributed by atoms with Crippen LogP contribution in [0.25, 0.3) is 0 Å². The fourth-order valence-electron chi connectivity index (χ4n) is 1.10. The first-order valence-electron chi connectivity index (χ1n) is 5.24. The summed E-state index contributed by atoms with van der Waals surface area (Å²) in [4.78, 5) is 4.20. The van der Waals surface area contributed by atoms with E-state index < -0.39 is 0 Å². The van der Waals surface area contributed by atoms with Gasteiger partial charge in [0.15, 0.2) is 0 Å².